The summed E-state index contributed by atoms with van der Waals surface area (Å²) < 4.78 is 30.1. The van der Waals surface area contributed by atoms with Gasteiger partial charge in [-0.3, -0.25) is 14.2 Å². The number of rotatable bonds is 47. The van der Waals surface area contributed by atoms with Crippen LogP contribution in [0.3, 0.4) is 0 Å². The number of phosphoric acid groups is 1. The number of allylic oxidation sites excluding steroid dienone is 11. The summed E-state index contributed by atoms with van der Waals surface area (Å²) in [5.41, 5.74) is 0. The second-order valence-electron chi connectivity index (χ2n) is 19.1. The van der Waals surface area contributed by atoms with Gasteiger partial charge in [-0.15, -0.1) is 0 Å². The third kappa shape index (κ3) is 46.6. The number of hydrogen-bond donors (Lipinski definition) is 1. The summed E-state index contributed by atoms with van der Waals surface area (Å²) >= 11 is 0. The fourth-order valence-corrected chi connectivity index (χ4v) is 8.00. The average Bonchev–Trinajstić information content (AvgIpc) is 3.27. The maximum atomic E-state index is 13.4. The Bertz CT molecular complexity index is 1370. The Labute approximate surface area is 406 Å². The summed E-state index contributed by atoms with van der Waals surface area (Å²) in [5.74, 6) is -0.601. The Balaban J connectivity index is 5.46. The number of hydrogen-bond acceptors (Lipinski definition) is 7. The van der Waals surface area contributed by atoms with Crippen LogP contribution in [0.1, 0.15) is 220 Å². The molecule has 0 bridgehead atoms. The first-order chi connectivity index (χ1) is 31.9. The number of likely N-dealkylation sites (N-methyl/N-ethyl adjacent to an activating group) is 1. The molecule has 9 nitrogen and oxygen atoms in total. The summed E-state index contributed by atoms with van der Waals surface area (Å²) in [6, 6.07) is -0.911. The molecular formula is C56H101N2O7P. The number of ether oxygens (including phenoxy) is 1. The zero-order valence-electron chi connectivity index (χ0n) is 43.4. The highest BCUT2D eigenvalue weighted by Crippen LogP contribution is 2.38. The van der Waals surface area contributed by atoms with E-state index >= 15 is 0 Å². The number of unbranched alkanes of at least 4 members (excludes halogenated alkanes) is 24. The molecular weight excluding hydrogens is 844 g/mol. The highest BCUT2D eigenvalue weighted by molar-refractivity contribution is 7.45. The lowest BCUT2D eigenvalue weighted by Crippen LogP contribution is -2.47. The van der Waals surface area contributed by atoms with E-state index in [1.165, 1.54) is 89.9 Å². The lowest BCUT2D eigenvalue weighted by molar-refractivity contribution is -0.870. The molecule has 382 valence electrons. The van der Waals surface area contributed by atoms with Gasteiger partial charge in [0.25, 0.3) is 7.82 Å². The molecule has 10 heteroatoms. The van der Waals surface area contributed by atoms with Crippen molar-refractivity contribution in [3.05, 3.63) is 72.9 Å². The summed E-state index contributed by atoms with van der Waals surface area (Å²) in [7, 11) is 1.15. The molecule has 0 aliphatic carbocycles. The minimum Gasteiger partial charge on any atom is -0.756 e. The molecule has 0 heterocycles. The molecule has 0 aromatic carbocycles. The van der Waals surface area contributed by atoms with Crippen LogP contribution >= 0.6 is 7.82 Å². The standard InChI is InChI=1S/C56H101N2O7P/c1-7-10-13-16-19-22-25-27-28-29-31-33-36-39-42-45-48-55(59)57-53(52-64-66(61,62)63-51-50-58(4,5)6)54(47-44-41-38-35-32-24-21-18-15-12-9-3)65-56(60)49-46-43-40-37-34-30-26-23-20-17-14-11-8-2/h11,14,17,20,23,26,28-29,31,33,44,47,53-54H,7-10,12-13,15-16,18-19,21-22,24-25,27,30,32,34-43,45-46,48-52H2,1-6H3,(H-,57,59,61,62)/b14-11+,20-17+,26-23-,29-28+,33-31+,47-44+. The van der Waals surface area contributed by atoms with E-state index in [-0.39, 0.29) is 31.3 Å². The van der Waals surface area contributed by atoms with Gasteiger partial charge in [0.15, 0.2) is 0 Å². The molecule has 0 aromatic rings. The number of esters is 1. The minimum atomic E-state index is -4.70. The Morgan fingerprint density at radius 3 is 1.47 bits per heavy atom. The summed E-state index contributed by atoms with van der Waals surface area (Å²) in [5, 5.41) is 2.99. The van der Waals surface area contributed by atoms with Gasteiger partial charge in [-0.2, -0.15) is 0 Å². The van der Waals surface area contributed by atoms with Crippen LogP contribution in [0.25, 0.3) is 0 Å². The number of amides is 1. The summed E-state index contributed by atoms with van der Waals surface area (Å²) in [6.07, 6.45) is 57.3. The molecule has 0 aromatic heterocycles. The maximum Gasteiger partial charge on any atom is 0.306 e. The first kappa shape index (κ1) is 63.5. The number of nitrogens with one attached hydrogen (secondary N) is 1. The van der Waals surface area contributed by atoms with E-state index < -0.39 is 26.6 Å². The molecule has 0 spiro atoms. The van der Waals surface area contributed by atoms with Crippen molar-refractivity contribution in [1.29, 1.82) is 0 Å². The predicted octanol–water partition coefficient (Wildman–Crippen LogP) is 15.1. The minimum absolute atomic E-state index is 0.0337. The van der Waals surface area contributed by atoms with E-state index in [9.17, 15) is 19.0 Å². The van der Waals surface area contributed by atoms with Crippen molar-refractivity contribution >= 4 is 19.7 Å². The molecule has 3 atom stereocenters. The van der Waals surface area contributed by atoms with Crippen LogP contribution in [0.2, 0.25) is 0 Å². The van der Waals surface area contributed by atoms with E-state index in [0.29, 0.717) is 23.9 Å². The second-order valence-corrected chi connectivity index (χ2v) is 20.5. The number of quaternary nitrogens is 1. The third-order valence-corrected chi connectivity index (χ3v) is 12.4. The first-order valence-corrected chi connectivity index (χ1v) is 28.3. The summed E-state index contributed by atoms with van der Waals surface area (Å²) in [6.45, 7) is 6.64. The quantitative estimate of drug-likeness (QED) is 0.0161. The number of carbonyl (C=O) groups is 2. The smallest absolute Gasteiger partial charge is 0.306 e. The van der Waals surface area contributed by atoms with Crippen molar-refractivity contribution in [2.75, 3.05) is 40.9 Å². The van der Waals surface area contributed by atoms with Gasteiger partial charge in [-0.1, -0.05) is 203 Å². The van der Waals surface area contributed by atoms with E-state index in [2.05, 4.69) is 80.8 Å². The Morgan fingerprint density at radius 1 is 0.545 bits per heavy atom. The molecule has 0 radical (unpaired) electrons. The van der Waals surface area contributed by atoms with E-state index in [0.717, 1.165) is 83.5 Å². The Kier molecular flexibility index (Phi) is 44.4. The number of nitrogens with zero attached hydrogens (tertiary/aromatic N) is 1. The van der Waals surface area contributed by atoms with E-state index in [4.69, 9.17) is 13.8 Å². The van der Waals surface area contributed by atoms with Gasteiger partial charge in [0.1, 0.15) is 19.3 Å². The van der Waals surface area contributed by atoms with Crippen molar-refractivity contribution in [3.63, 3.8) is 0 Å². The van der Waals surface area contributed by atoms with Gasteiger partial charge in [-0.05, 0) is 76.7 Å². The van der Waals surface area contributed by atoms with Crippen LogP contribution in [0.15, 0.2) is 72.9 Å². The fraction of sp³-hybridized carbons (Fsp3) is 0.750. The SMILES string of the molecule is CC/C=C/C=C/C=C\CCCCCCCC(=O)OC(/C=C/CCCCCCCCCCC)C(COP(=O)([O-])OCC[N+](C)(C)C)NC(=O)CCCCC/C=C/C=C/CCCCCCCCC. The van der Waals surface area contributed by atoms with Gasteiger partial charge in [0.2, 0.25) is 5.91 Å². The molecule has 66 heavy (non-hydrogen) atoms. The van der Waals surface area contributed by atoms with Crippen LogP contribution < -0.4 is 10.2 Å². The van der Waals surface area contributed by atoms with Crippen molar-refractivity contribution in [1.82, 2.24) is 5.32 Å². The lowest BCUT2D eigenvalue weighted by atomic mass is 10.1. The molecule has 0 rings (SSSR count). The average molecular weight is 945 g/mol. The molecule has 0 aliphatic heterocycles. The second kappa shape index (κ2) is 46.2. The lowest BCUT2D eigenvalue weighted by Gasteiger charge is -2.30. The predicted molar refractivity (Wildman–Crippen MR) is 279 cm³/mol. The van der Waals surface area contributed by atoms with Crippen molar-refractivity contribution in [2.24, 2.45) is 0 Å². The van der Waals surface area contributed by atoms with Crippen molar-refractivity contribution in [2.45, 2.75) is 232 Å². The molecule has 1 N–H and O–H groups in total. The van der Waals surface area contributed by atoms with Crippen LogP contribution in [-0.2, 0) is 27.9 Å². The summed E-state index contributed by atoms with van der Waals surface area (Å²) in [4.78, 5) is 39.7. The van der Waals surface area contributed by atoms with Crippen LogP contribution in [-0.4, -0.2) is 69.4 Å². The highest BCUT2D eigenvalue weighted by Gasteiger charge is 2.27. The van der Waals surface area contributed by atoms with Crippen LogP contribution in [0.4, 0.5) is 0 Å². The van der Waals surface area contributed by atoms with Crippen molar-refractivity contribution in [3.8, 4) is 0 Å². The molecule has 3 unspecified atom stereocenters. The zero-order chi connectivity index (χ0) is 48.7. The van der Waals surface area contributed by atoms with E-state index in [1.54, 1.807) is 0 Å². The largest absolute Gasteiger partial charge is 0.756 e. The van der Waals surface area contributed by atoms with E-state index in [1.807, 2.05) is 39.4 Å². The Morgan fingerprint density at radius 2 is 0.970 bits per heavy atom. The van der Waals surface area contributed by atoms with Gasteiger partial charge in [0.05, 0.1) is 33.8 Å². The Hall–Kier alpha value is -2.55. The van der Waals surface area contributed by atoms with Gasteiger partial charge >= 0.3 is 5.97 Å². The number of phosphoric ester groups is 1. The molecule has 0 fully saturated rings. The first-order valence-electron chi connectivity index (χ1n) is 26.8. The maximum absolute atomic E-state index is 13.4. The van der Waals surface area contributed by atoms with Crippen molar-refractivity contribution < 1.29 is 37.3 Å². The molecule has 0 saturated heterocycles. The van der Waals surface area contributed by atoms with Crippen LogP contribution in [0.5, 0.6) is 0 Å². The molecule has 0 saturated carbocycles. The normalized spacial score (nSPS) is 14.5. The number of carbonyl (C=O) groups excluding carboxylic acids is 2. The van der Waals surface area contributed by atoms with Gasteiger partial charge in [-0.25, -0.2) is 0 Å². The fourth-order valence-electron chi connectivity index (χ4n) is 7.28. The molecule has 1 amide bonds. The van der Waals surface area contributed by atoms with Gasteiger partial charge in [0, 0.05) is 12.8 Å². The van der Waals surface area contributed by atoms with Gasteiger partial charge < -0.3 is 28.5 Å². The molecule has 0 aliphatic rings. The zero-order valence-corrected chi connectivity index (χ0v) is 44.3. The monoisotopic (exact) mass is 945 g/mol. The topological polar surface area (TPSA) is 114 Å². The highest BCUT2D eigenvalue weighted by atomic mass is 31.2. The third-order valence-electron chi connectivity index (χ3n) is 11.5. The van der Waals surface area contributed by atoms with Crippen LogP contribution in [0, 0.1) is 0 Å².